The average Bonchev–Trinajstić information content (AvgIpc) is 2.78. The lowest BCUT2D eigenvalue weighted by Crippen LogP contribution is -3.00. The summed E-state index contributed by atoms with van der Waals surface area (Å²) in [6.45, 7) is 7.26. The van der Waals surface area contributed by atoms with Crippen LogP contribution in [-0.4, -0.2) is 33.7 Å². The Bertz CT molecular complexity index is 1080. The van der Waals surface area contributed by atoms with E-state index in [0.29, 0.717) is 11.8 Å². The molecular weight excluding hydrogens is 516 g/mol. The Hall–Kier alpha value is -1.53. The fourth-order valence-electron chi connectivity index (χ4n) is 5.96. The molecule has 4 unspecified atom stereocenters. The average molecular weight is 544 g/mol. The lowest BCUT2D eigenvalue weighted by atomic mass is 9.71. The molecule has 3 nitrogen and oxygen atoms in total. The number of para-hydroxylation sites is 1. The number of aromatic nitrogens is 1. The van der Waals surface area contributed by atoms with Gasteiger partial charge in [-0.2, -0.15) is 0 Å². The lowest BCUT2D eigenvalue weighted by molar-refractivity contribution is -0.984. The van der Waals surface area contributed by atoms with E-state index >= 15 is 0 Å². The highest BCUT2D eigenvalue weighted by atomic mass is 79.9. The largest absolute Gasteiger partial charge is 1.00 e. The maximum atomic E-state index is 11.7. The number of halogens is 2. The highest BCUT2D eigenvalue weighted by molar-refractivity contribution is 9.10. The van der Waals surface area contributed by atoms with E-state index < -0.39 is 6.10 Å². The number of hydrogen-bond donors (Lipinski definition) is 1. The predicted molar refractivity (Wildman–Crippen MR) is 125 cm³/mol. The molecule has 0 spiro atoms. The van der Waals surface area contributed by atoms with Crippen molar-refractivity contribution in [3.8, 4) is 0 Å². The van der Waals surface area contributed by atoms with Gasteiger partial charge in [0.05, 0.1) is 18.6 Å². The Labute approximate surface area is 203 Å². The molecule has 2 bridgehead atoms. The Morgan fingerprint density at radius 2 is 2.03 bits per heavy atom. The molecule has 31 heavy (non-hydrogen) atoms. The van der Waals surface area contributed by atoms with Crippen LogP contribution in [0.1, 0.15) is 30.1 Å². The van der Waals surface area contributed by atoms with E-state index in [0.717, 1.165) is 51.5 Å². The molecule has 162 valence electrons. The summed E-state index contributed by atoms with van der Waals surface area (Å²) in [7, 11) is 0. The van der Waals surface area contributed by atoms with Crippen molar-refractivity contribution in [3.63, 3.8) is 0 Å². The van der Waals surface area contributed by atoms with E-state index in [4.69, 9.17) is 0 Å². The molecule has 1 N–H and O–H groups in total. The molecule has 1 aromatic heterocycles. The van der Waals surface area contributed by atoms with Gasteiger partial charge in [-0.3, -0.25) is 4.98 Å². The second kappa shape index (κ2) is 9.14. The second-order valence-corrected chi connectivity index (χ2v) is 9.94. The van der Waals surface area contributed by atoms with Crippen molar-refractivity contribution in [1.29, 1.82) is 0 Å². The summed E-state index contributed by atoms with van der Waals surface area (Å²) in [5.74, 6) is 1.15. The maximum absolute atomic E-state index is 11.7. The van der Waals surface area contributed by atoms with Crippen LogP contribution >= 0.6 is 15.9 Å². The summed E-state index contributed by atoms with van der Waals surface area (Å²) >= 11 is 3.63. The zero-order valence-corrected chi connectivity index (χ0v) is 20.7. The zero-order valence-electron chi connectivity index (χ0n) is 17.5. The van der Waals surface area contributed by atoms with E-state index in [1.807, 2.05) is 30.5 Å². The third-order valence-corrected chi connectivity index (χ3v) is 7.92. The molecule has 5 atom stereocenters. The minimum atomic E-state index is -0.501. The van der Waals surface area contributed by atoms with Gasteiger partial charge in [0.15, 0.2) is 0 Å². The van der Waals surface area contributed by atoms with Crippen LogP contribution < -0.4 is 17.0 Å². The van der Waals surface area contributed by atoms with Gasteiger partial charge < -0.3 is 26.6 Å². The molecule has 3 aliphatic rings. The van der Waals surface area contributed by atoms with Gasteiger partial charge in [0.1, 0.15) is 18.7 Å². The first-order valence-electron chi connectivity index (χ1n) is 10.8. The Morgan fingerprint density at radius 1 is 1.19 bits per heavy atom. The summed E-state index contributed by atoms with van der Waals surface area (Å²) in [6.07, 6.45) is 5.75. The molecule has 2 aromatic carbocycles. The van der Waals surface area contributed by atoms with Gasteiger partial charge in [-0.05, 0) is 35.7 Å². The van der Waals surface area contributed by atoms with Gasteiger partial charge in [-0.1, -0.05) is 52.3 Å². The van der Waals surface area contributed by atoms with Crippen LogP contribution in [0.25, 0.3) is 10.9 Å². The van der Waals surface area contributed by atoms with Gasteiger partial charge >= 0.3 is 0 Å². The zero-order chi connectivity index (χ0) is 20.7. The van der Waals surface area contributed by atoms with E-state index in [9.17, 15) is 5.11 Å². The summed E-state index contributed by atoms with van der Waals surface area (Å²) in [6, 6.07) is 19.0. The van der Waals surface area contributed by atoms with Crippen LogP contribution in [-0.2, 0) is 6.54 Å². The summed E-state index contributed by atoms with van der Waals surface area (Å²) < 4.78 is 2.05. The molecule has 3 fully saturated rings. The number of fused-ring (bicyclic) bond motifs is 4. The molecule has 0 saturated carbocycles. The normalized spacial score (nSPS) is 28.1. The van der Waals surface area contributed by atoms with Crippen molar-refractivity contribution in [1.82, 2.24) is 4.98 Å². The van der Waals surface area contributed by atoms with Crippen molar-refractivity contribution in [2.24, 2.45) is 11.8 Å². The molecule has 6 rings (SSSR count). The third kappa shape index (κ3) is 4.13. The number of piperidine rings is 3. The van der Waals surface area contributed by atoms with Gasteiger partial charge in [0.2, 0.25) is 0 Å². The number of benzene rings is 2. The molecule has 5 heteroatoms. The Kier molecular flexibility index (Phi) is 6.68. The number of nitrogens with zero attached hydrogens (tertiary/aromatic N) is 2. The molecule has 0 aliphatic carbocycles. The topological polar surface area (TPSA) is 33.1 Å². The van der Waals surface area contributed by atoms with Crippen LogP contribution in [0.5, 0.6) is 0 Å². The number of pyridine rings is 1. The standard InChI is InChI=1S/C26H28BrN2O.BrH/c1-2-19-17-29(16-18-6-5-7-21(27)14-18)13-11-20(19)15-25(29)26(30)23-10-12-28-24-9-4-3-8-22(23)24;/h2-10,12,14,19-20,25-26,30H,1,11,13,15-17H2;1H/q+1;/p-1/t19?,20?,25?,26-,29?;/m0./s1. The van der Waals surface area contributed by atoms with Crippen molar-refractivity contribution >= 4 is 26.8 Å². The molecule has 3 saturated heterocycles. The molecule has 0 radical (unpaired) electrons. The SMILES string of the molecule is C=CC1C[N+]2(Cc3cccc(Br)c3)CCC1CC2[C@@H](O)c1ccnc2ccccc12.[Br-]. The highest BCUT2D eigenvalue weighted by Gasteiger charge is 2.53. The van der Waals surface area contributed by atoms with E-state index in [2.05, 4.69) is 63.9 Å². The summed E-state index contributed by atoms with van der Waals surface area (Å²) in [5, 5.41) is 12.8. The van der Waals surface area contributed by atoms with Crippen LogP contribution in [0, 0.1) is 11.8 Å². The van der Waals surface area contributed by atoms with E-state index in [-0.39, 0.29) is 23.0 Å². The van der Waals surface area contributed by atoms with Crippen LogP contribution in [0.3, 0.4) is 0 Å². The molecule has 3 aromatic rings. The number of aliphatic hydroxyl groups is 1. The molecular formula is C26H28Br2N2O. The summed E-state index contributed by atoms with van der Waals surface area (Å²) in [5.41, 5.74) is 3.29. The fourth-order valence-corrected chi connectivity index (χ4v) is 6.41. The number of hydrogen-bond acceptors (Lipinski definition) is 2. The van der Waals surface area contributed by atoms with E-state index in [1.54, 1.807) is 0 Å². The Balaban J connectivity index is 0.00000231. The fraction of sp³-hybridized carbons (Fsp3) is 0.346. The lowest BCUT2D eigenvalue weighted by Gasteiger charge is -2.58. The first-order chi connectivity index (χ1) is 14.6. The first-order valence-corrected chi connectivity index (χ1v) is 11.6. The third-order valence-electron chi connectivity index (χ3n) is 7.43. The van der Waals surface area contributed by atoms with Gasteiger partial charge in [-0.15, -0.1) is 6.58 Å². The highest BCUT2D eigenvalue weighted by Crippen LogP contribution is 2.48. The smallest absolute Gasteiger partial charge is 0.131 e. The van der Waals surface area contributed by atoms with E-state index in [1.165, 1.54) is 12.0 Å². The Morgan fingerprint density at radius 3 is 2.84 bits per heavy atom. The van der Waals surface area contributed by atoms with Gasteiger partial charge in [-0.25, -0.2) is 0 Å². The maximum Gasteiger partial charge on any atom is 0.131 e. The van der Waals surface area contributed by atoms with Crippen LogP contribution in [0.2, 0.25) is 0 Å². The number of quaternary nitrogens is 1. The number of rotatable bonds is 5. The molecule has 0 amide bonds. The summed E-state index contributed by atoms with van der Waals surface area (Å²) in [4.78, 5) is 4.50. The van der Waals surface area contributed by atoms with Crippen LogP contribution in [0.15, 0.2) is 77.9 Å². The van der Waals surface area contributed by atoms with Crippen molar-refractivity contribution in [3.05, 3.63) is 89.0 Å². The minimum absolute atomic E-state index is 0. The monoisotopic (exact) mass is 542 g/mol. The quantitative estimate of drug-likeness (QED) is 0.396. The van der Waals surface area contributed by atoms with Crippen molar-refractivity contribution in [2.45, 2.75) is 31.5 Å². The molecule has 4 heterocycles. The van der Waals surface area contributed by atoms with Crippen molar-refractivity contribution in [2.75, 3.05) is 13.1 Å². The first kappa shape index (κ1) is 22.7. The number of aliphatic hydroxyl groups excluding tert-OH is 1. The predicted octanol–water partition coefficient (Wildman–Crippen LogP) is 2.65. The van der Waals surface area contributed by atoms with Crippen LogP contribution in [0.4, 0.5) is 0 Å². The molecule has 3 aliphatic heterocycles. The van der Waals surface area contributed by atoms with Gasteiger partial charge in [0, 0.05) is 40.4 Å². The van der Waals surface area contributed by atoms with Crippen molar-refractivity contribution < 1.29 is 26.6 Å². The minimum Gasteiger partial charge on any atom is -1.00 e. The second-order valence-electron chi connectivity index (χ2n) is 9.03. The van der Waals surface area contributed by atoms with Gasteiger partial charge in [0.25, 0.3) is 0 Å².